The van der Waals surface area contributed by atoms with Crippen molar-refractivity contribution in [2.24, 2.45) is 0 Å². The van der Waals surface area contributed by atoms with Crippen molar-refractivity contribution < 1.29 is 45.3 Å². The maximum absolute atomic E-state index is 4.21. The van der Waals surface area contributed by atoms with Crippen molar-refractivity contribution in [1.82, 2.24) is 0 Å². The average Bonchev–Trinajstić information content (AvgIpc) is 1.81. The second kappa shape index (κ2) is 54.3. The van der Waals surface area contributed by atoms with Crippen molar-refractivity contribution in [2.45, 2.75) is 0 Å². The van der Waals surface area contributed by atoms with Gasteiger partial charge in [-0.15, -0.1) is 0 Å². The molecule has 0 spiro atoms. The molecule has 0 amide bonds. The van der Waals surface area contributed by atoms with Crippen LogP contribution < -0.4 is 0 Å². The molecule has 0 saturated heterocycles. The van der Waals surface area contributed by atoms with Gasteiger partial charge in [-0.3, -0.25) is 0 Å². The Kier molecular flexibility index (Phi) is 142. The van der Waals surface area contributed by atoms with Crippen molar-refractivity contribution in [2.75, 3.05) is 0 Å². The predicted molar refractivity (Wildman–Crippen MR) is 22.8 cm³/mol. The minimum absolute atomic E-state index is 0.958. The minimum atomic E-state index is 0.958. The van der Waals surface area contributed by atoms with Crippen LogP contribution in [-0.4, -0.2) is 0 Å². The van der Waals surface area contributed by atoms with Gasteiger partial charge in [-0.05, 0) is 0 Å². The van der Waals surface area contributed by atoms with Crippen LogP contribution in [0.4, 0.5) is 0 Å². The van der Waals surface area contributed by atoms with Crippen LogP contribution in [0.2, 0.25) is 0 Å². The average molecular weight is 280 g/mol. The molecule has 0 heterocycles. The second-order valence-electron chi connectivity index (χ2n) is 0. The van der Waals surface area contributed by atoms with E-state index in [4.69, 9.17) is 0 Å². The molecule has 0 aromatic heterocycles. The third-order valence-corrected chi connectivity index (χ3v) is 0. The van der Waals surface area contributed by atoms with Gasteiger partial charge < -0.3 is 0 Å². The van der Waals surface area contributed by atoms with Crippen LogP contribution in [0.5, 0.6) is 0 Å². The second-order valence-corrected chi connectivity index (χ2v) is 0. The Labute approximate surface area is 75.5 Å². The molecular formula is CuMnS3Zn. The number of hydrogen-bond acceptors (Lipinski definition) is 3. The Morgan fingerprint density at radius 1 is 1.17 bits per heavy atom. The first-order chi connectivity index (χ1) is 3.00. The maximum atomic E-state index is 4.21. The summed E-state index contributed by atoms with van der Waals surface area (Å²) in [6, 6.07) is 0. The molecule has 0 aliphatic rings. The fraction of sp³-hybridized carbons (Fsp3) is 0. The van der Waals surface area contributed by atoms with Crippen LogP contribution in [0.3, 0.4) is 0 Å². The Morgan fingerprint density at radius 3 is 1.17 bits per heavy atom. The molecule has 0 nitrogen and oxygen atoms in total. The van der Waals surface area contributed by atoms with Crippen molar-refractivity contribution in [3.05, 3.63) is 0 Å². The summed E-state index contributed by atoms with van der Waals surface area (Å²) in [5, 5.41) is 0. The van der Waals surface area contributed by atoms with Crippen LogP contribution in [-0.2, 0) is 45.3 Å². The van der Waals surface area contributed by atoms with Gasteiger partial charge in [0, 0.05) is 0 Å². The zero-order valence-electron chi connectivity index (χ0n) is 2.61. The summed E-state index contributed by atoms with van der Waals surface area (Å²) < 4.78 is 0. The molecular weight excluding hydrogens is 280 g/mol. The molecule has 38 valence electrons. The van der Waals surface area contributed by atoms with Gasteiger partial charge in [-0.25, -0.2) is 0 Å². The van der Waals surface area contributed by atoms with E-state index < -0.39 is 0 Å². The predicted octanol–water partition coefficient (Wildman–Crippen LogP) is 1.94. The molecule has 0 aliphatic carbocycles. The molecule has 0 atom stereocenters. The van der Waals surface area contributed by atoms with E-state index in [-0.39, 0.29) is 0 Å². The summed E-state index contributed by atoms with van der Waals surface area (Å²) >= 11 is 7.25. The molecule has 0 bridgehead atoms. The summed E-state index contributed by atoms with van der Waals surface area (Å²) in [4.78, 5) is 0. The third-order valence-electron chi connectivity index (χ3n) is 0. The third kappa shape index (κ3) is 33.2. The molecule has 0 fully saturated rings. The first kappa shape index (κ1) is 15.8. The molecule has 0 rings (SSSR count). The molecule has 0 saturated carbocycles. The summed E-state index contributed by atoms with van der Waals surface area (Å²) in [5.41, 5.74) is 0. The molecule has 0 radical (unpaired) electrons. The van der Waals surface area contributed by atoms with E-state index in [1.165, 1.54) is 0 Å². The summed E-state index contributed by atoms with van der Waals surface area (Å²) in [7, 11) is 11.8. The number of rotatable bonds is 0. The Hall–Kier alpha value is 2.32. The van der Waals surface area contributed by atoms with E-state index in [0.717, 1.165) is 16.6 Å². The van der Waals surface area contributed by atoms with Gasteiger partial charge in [-0.1, -0.05) is 0 Å². The van der Waals surface area contributed by atoms with Gasteiger partial charge in [0.15, 0.2) is 0 Å². The summed E-state index contributed by atoms with van der Waals surface area (Å²) in [6.07, 6.45) is 0. The SMILES string of the molecule is [S]=[Cu].[S]=[Mn].[S]=[Zn]. The van der Waals surface area contributed by atoms with Crippen LogP contribution in [0, 0.1) is 0 Å². The molecule has 0 aromatic rings. The van der Waals surface area contributed by atoms with Gasteiger partial charge in [0.2, 0.25) is 0 Å². The quantitative estimate of drug-likeness (QED) is 0.622. The van der Waals surface area contributed by atoms with Gasteiger partial charge >= 0.3 is 76.5 Å². The fourth-order valence-corrected chi connectivity index (χ4v) is 0. The monoisotopic (exact) mass is 278 g/mol. The number of hydrogen-bond donors (Lipinski definition) is 0. The van der Waals surface area contributed by atoms with Gasteiger partial charge in [-0.2, -0.15) is 0 Å². The van der Waals surface area contributed by atoms with Crippen molar-refractivity contribution in [1.29, 1.82) is 0 Å². The molecule has 0 unspecified atom stereocenters. The molecule has 0 aromatic carbocycles. The van der Waals surface area contributed by atoms with Gasteiger partial charge in [0.25, 0.3) is 0 Å². The molecule has 6 heavy (non-hydrogen) atoms. The van der Waals surface area contributed by atoms with E-state index in [9.17, 15) is 0 Å². The Balaban J connectivity index is -0.0000000225. The van der Waals surface area contributed by atoms with Crippen LogP contribution in [0.15, 0.2) is 0 Å². The van der Waals surface area contributed by atoms with Crippen molar-refractivity contribution in [3.63, 3.8) is 0 Å². The molecule has 0 aliphatic heterocycles. The molecule has 6 heteroatoms. The first-order valence-corrected chi connectivity index (χ1v) is 7.93. The Bertz CT molecular complexity index is 15.5. The van der Waals surface area contributed by atoms with Crippen LogP contribution in [0.1, 0.15) is 0 Å². The van der Waals surface area contributed by atoms with E-state index in [2.05, 4.69) is 60.0 Å². The fourth-order valence-electron chi connectivity index (χ4n) is 0. The van der Waals surface area contributed by atoms with Crippen LogP contribution in [0.25, 0.3) is 0 Å². The summed E-state index contributed by atoms with van der Waals surface area (Å²) in [6.45, 7) is 0. The van der Waals surface area contributed by atoms with Crippen molar-refractivity contribution in [3.8, 4) is 0 Å². The zero-order valence-corrected chi connectivity index (χ0v) is 10.2. The van der Waals surface area contributed by atoms with E-state index in [0.29, 0.717) is 0 Å². The van der Waals surface area contributed by atoms with Crippen molar-refractivity contribution >= 4 is 31.2 Å². The van der Waals surface area contributed by atoms with Crippen LogP contribution >= 0.6 is 31.2 Å². The van der Waals surface area contributed by atoms with Gasteiger partial charge in [0.1, 0.15) is 0 Å². The van der Waals surface area contributed by atoms with E-state index in [1.807, 2.05) is 0 Å². The summed E-state index contributed by atoms with van der Waals surface area (Å²) in [5.74, 6) is 0. The van der Waals surface area contributed by atoms with E-state index >= 15 is 0 Å². The standard InChI is InChI=1S/Cu.Mn.3S.Zn. The zero-order chi connectivity index (χ0) is 6.00. The molecule has 0 N–H and O–H groups in total. The van der Waals surface area contributed by atoms with E-state index in [1.54, 1.807) is 0 Å². The first-order valence-electron chi connectivity index (χ1n) is 0.566. The Morgan fingerprint density at radius 2 is 1.17 bits per heavy atom. The normalized spacial score (nSPS) is 2.67. The van der Waals surface area contributed by atoms with Gasteiger partial charge in [0.05, 0.1) is 0 Å². The topological polar surface area (TPSA) is 0 Å².